The SMILES string of the molecule is CCC(=O)NCCOCCOCC(=O)CCCOCCOCC(=O)NCCCC[C@H](NCC(=O)[C@@H](N)Cc1cnc[nH]1)C(C)=O.COCCOCCCCCCCCCCCCCCCCCCCCC(=O)O. The molecule has 1 heterocycles. The zero-order valence-electron chi connectivity index (χ0n) is 45.5. The molecule has 2 atom stereocenters. The lowest BCUT2D eigenvalue weighted by molar-refractivity contribution is -0.137. The van der Waals surface area contributed by atoms with Gasteiger partial charge in [-0.25, -0.2) is 4.98 Å². The number of amides is 2. The third kappa shape index (κ3) is 50.3. The van der Waals surface area contributed by atoms with Crippen molar-refractivity contribution in [2.24, 2.45) is 5.73 Å². The van der Waals surface area contributed by atoms with Crippen molar-refractivity contribution in [3.8, 4) is 0 Å². The Hall–Kier alpha value is -3.69. The molecule has 0 spiro atoms. The monoisotopic (exact) mass is 1040 g/mol. The number of aliphatic carboxylic acids is 1. The third-order valence-electron chi connectivity index (χ3n) is 11.9. The van der Waals surface area contributed by atoms with Gasteiger partial charge in [-0.2, -0.15) is 0 Å². The topological polar surface area (TPSA) is 269 Å². The Morgan fingerprint density at radius 3 is 1.67 bits per heavy atom. The summed E-state index contributed by atoms with van der Waals surface area (Å²) in [6, 6.07) is -1.14. The van der Waals surface area contributed by atoms with Crippen LogP contribution in [0, 0.1) is 0 Å². The molecule has 0 bridgehead atoms. The molecule has 2 amide bonds. The second-order valence-corrected chi connectivity index (χ2v) is 18.5. The van der Waals surface area contributed by atoms with Crippen LogP contribution in [0.15, 0.2) is 12.5 Å². The second kappa shape index (κ2) is 53.1. The zero-order valence-corrected chi connectivity index (χ0v) is 45.5. The normalized spacial score (nSPS) is 11.9. The van der Waals surface area contributed by atoms with E-state index in [4.69, 9.17) is 39.3 Å². The zero-order chi connectivity index (χ0) is 53.7. The van der Waals surface area contributed by atoms with Crippen LogP contribution in [0.1, 0.15) is 180 Å². The molecule has 424 valence electrons. The van der Waals surface area contributed by atoms with E-state index in [2.05, 4.69) is 25.9 Å². The number of Topliss-reactive ketones (excluding diaryl/α,β-unsaturated/α-hetero) is 3. The van der Waals surface area contributed by atoms with Gasteiger partial charge in [-0.15, -0.1) is 0 Å². The van der Waals surface area contributed by atoms with Gasteiger partial charge >= 0.3 is 5.97 Å². The van der Waals surface area contributed by atoms with Gasteiger partial charge in [0, 0.05) is 71.0 Å². The van der Waals surface area contributed by atoms with E-state index in [9.17, 15) is 28.8 Å². The molecular formula is C54H100N6O13. The second-order valence-electron chi connectivity index (χ2n) is 18.5. The standard InChI is InChI=1S/C30H52N6O9.C24H48O4/c1-3-29(40)34-10-12-43-14-15-44-20-25(38)7-6-11-42-13-16-45-21-30(41)33-9-5-4-8-27(23(2)37)35-19-28(39)26(31)17-24-18-32-22-36-24;1-27-22-23-28-21-19-17-15-13-11-9-7-5-3-2-4-6-8-10-12-14-16-18-20-24(25)26/h18,22,26-27,35H,3-17,19-21,31H2,1-2H3,(H,32,36)(H,33,41)(H,34,40);2-23H2,1H3,(H,25,26)/t26-,27-;/m0./s1. The molecule has 19 heteroatoms. The Labute approximate surface area is 438 Å². The van der Waals surface area contributed by atoms with Crippen molar-refractivity contribution in [1.82, 2.24) is 25.9 Å². The summed E-state index contributed by atoms with van der Waals surface area (Å²) < 4.78 is 31.8. The van der Waals surface area contributed by atoms with Crippen LogP contribution in [0.5, 0.6) is 0 Å². The number of hydrogen-bond donors (Lipinski definition) is 6. The number of hydrogen-bond acceptors (Lipinski definition) is 15. The number of ketones is 3. The van der Waals surface area contributed by atoms with Gasteiger partial charge in [-0.3, -0.25) is 28.8 Å². The number of carbonyl (C=O) groups is 6. The van der Waals surface area contributed by atoms with Gasteiger partial charge in [0.05, 0.1) is 71.2 Å². The number of aromatic nitrogens is 2. The molecule has 1 aromatic heterocycles. The van der Waals surface area contributed by atoms with Crippen molar-refractivity contribution >= 4 is 35.1 Å². The van der Waals surface area contributed by atoms with Crippen LogP contribution in [0.3, 0.4) is 0 Å². The molecule has 19 nitrogen and oxygen atoms in total. The van der Waals surface area contributed by atoms with Gasteiger partial charge in [0.2, 0.25) is 11.8 Å². The Balaban J connectivity index is 0.00000159. The first-order valence-corrected chi connectivity index (χ1v) is 27.6. The number of nitrogens with one attached hydrogen (secondary N) is 4. The van der Waals surface area contributed by atoms with Gasteiger partial charge in [-0.1, -0.05) is 110 Å². The predicted octanol–water partition coefficient (Wildman–Crippen LogP) is 6.77. The summed E-state index contributed by atoms with van der Waals surface area (Å²) in [6.07, 6.45) is 30.6. The number of imidazole rings is 1. The van der Waals surface area contributed by atoms with Crippen LogP contribution in [0.25, 0.3) is 0 Å². The highest BCUT2D eigenvalue weighted by molar-refractivity contribution is 5.87. The van der Waals surface area contributed by atoms with Crippen molar-refractivity contribution in [1.29, 1.82) is 0 Å². The fraction of sp³-hybridized carbons (Fsp3) is 0.833. The summed E-state index contributed by atoms with van der Waals surface area (Å²) in [5, 5.41) is 17.1. The summed E-state index contributed by atoms with van der Waals surface area (Å²) in [5.41, 5.74) is 6.73. The number of rotatable bonds is 54. The lowest BCUT2D eigenvalue weighted by atomic mass is 10.0. The molecule has 73 heavy (non-hydrogen) atoms. The van der Waals surface area contributed by atoms with Crippen molar-refractivity contribution in [3.63, 3.8) is 0 Å². The summed E-state index contributed by atoms with van der Waals surface area (Å²) in [6.45, 7) is 8.43. The summed E-state index contributed by atoms with van der Waals surface area (Å²) >= 11 is 0. The maximum atomic E-state index is 12.3. The third-order valence-corrected chi connectivity index (χ3v) is 11.9. The first-order chi connectivity index (χ1) is 35.5. The first kappa shape index (κ1) is 69.3. The van der Waals surface area contributed by atoms with E-state index < -0.39 is 18.1 Å². The summed E-state index contributed by atoms with van der Waals surface area (Å²) in [4.78, 5) is 76.4. The largest absolute Gasteiger partial charge is 0.481 e. The fourth-order valence-corrected chi connectivity index (χ4v) is 7.48. The molecule has 0 aliphatic carbocycles. The molecular weight excluding hydrogens is 941 g/mol. The number of nitrogens with two attached hydrogens (primary N) is 1. The fourth-order valence-electron chi connectivity index (χ4n) is 7.48. The van der Waals surface area contributed by atoms with E-state index in [1.165, 1.54) is 116 Å². The van der Waals surface area contributed by atoms with E-state index in [0.29, 0.717) is 104 Å². The Morgan fingerprint density at radius 2 is 1.12 bits per heavy atom. The number of carbonyl (C=O) groups excluding carboxylic acids is 5. The minimum Gasteiger partial charge on any atom is -0.481 e. The highest BCUT2D eigenvalue weighted by Crippen LogP contribution is 2.15. The Kier molecular flexibility index (Phi) is 50.5. The molecule has 0 unspecified atom stereocenters. The van der Waals surface area contributed by atoms with Gasteiger partial charge in [0.1, 0.15) is 19.0 Å². The number of H-pyrrole nitrogens is 1. The molecule has 0 aromatic carbocycles. The van der Waals surface area contributed by atoms with Crippen molar-refractivity contribution in [2.45, 2.75) is 193 Å². The Bertz CT molecular complexity index is 1470. The molecule has 0 saturated carbocycles. The highest BCUT2D eigenvalue weighted by atomic mass is 16.5. The van der Waals surface area contributed by atoms with Crippen LogP contribution in [0.4, 0.5) is 0 Å². The minimum absolute atomic E-state index is 0.00518. The molecule has 0 saturated heterocycles. The van der Waals surface area contributed by atoms with Crippen molar-refractivity contribution in [2.75, 3.05) is 99.4 Å². The van der Waals surface area contributed by atoms with Crippen molar-refractivity contribution < 1.29 is 62.3 Å². The molecule has 0 aliphatic rings. The summed E-state index contributed by atoms with van der Waals surface area (Å²) in [5.74, 6) is -1.19. The number of methoxy groups -OCH3 is 1. The molecule has 1 aromatic rings. The lowest BCUT2D eigenvalue weighted by Crippen LogP contribution is -2.44. The van der Waals surface area contributed by atoms with Crippen LogP contribution in [-0.2, 0) is 63.6 Å². The van der Waals surface area contributed by atoms with Gasteiger partial charge in [-0.05, 0) is 45.4 Å². The lowest BCUT2D eigenvalue weighted by Gasteiger charge is -2.17. The smallest absolute Gasteiger partial charge is 0.303 e. The van der Waals surface area contributed by atoms with Gasteiger partial charge < -0.3 is 60.2 Å². The summed E-state index contributed by atoms with van der Waals surface area (Å²) in [7, 11) is 1.71. The average Bonchev–Trinajstić information content (AvgIpc) is 3.89. The van der Waals surface area contributed by atoms with E-state index >= 15 is 0 Å². The number of carboxylic acid groups (broad SMARTS) is 1. The molecule has 0 fully saturated rings. The predicted molar refractivity (Wildman–Crippen MR) is 283 cm³/mol. The average molecular weight is 1040 g/mol. The van der Waals surface area contributed by atoms with E-state index in [1.807, 2.05) is 0 Å². The molecule has 1 rings (SSSR count). The number of carboxylic acids is 1. The number of aromatic amines is 1. The number of nitrogens with zero attached hydrogens (tertiary/aromatic N) is 1. The van der Waals surface area contributed by atoms with Crippen LogP contribution < -0.4 is 21.7 Å². The highest BCUT2D eigenvalue weighted by Gasteiger charge is 2.19. The van der Waals surface area contributed by atoms with Crippen LogP contribution >= 0.6 is 0 Å². The minimum atomic E-state index is -0.687. The maximum Gasteiger partial charge on any atom is 0.303 e. The van der Waals surface area contributed by atoms with E-state index in [0.717, 1.165) is 31.7 Å². The molecule has 0 aliphatic heterocycles. The van der Waals surface area contributed by atoms with Gasteiger partial charge in [0.15, 0.2) is 11.6 Å². The van der Waals surface area contributed by atoms with E-state index in [1.54, 1.807) is 20.2 Å². The van der Waals surface area contributed by atoms with Crippen LogP contribution in [-0.4, -0.2) is 162 Å². The first-order valence-electron chi connectivity index (χ1n) is 27.6. The number of unbranched alkanes of at least 4 members (excludes halogenated alkanes) is 18. The quantitative estimate of drug-likeness (QED) is 0.0368. The Morgan fingerprint density at radius 1 is 0.603 bits per heavy atom. The van der Waals surface area contributed by atoms with Gasteiger partial charge in [0.25, 0.3) is 0 Å². The van der Waals surface area contributed by atoms with Crippen molar-refractivity contribution in [3.05, 3.63) is 18.2 Å². The molecule has 7 N–H and O–H groups in total. The van der Waals surface area contributed by atoms with Crippen LogP contribution in [0.2, 0.25) is 0 Å². The number of ether oxygens (including phenoxy) is 6. The molecule has 0 radical (unpaired) electrons. The van der Waals surface area contributed by atoms with E-state index in [-0.39, 0.29) is 55.5 Å². The maximum absolute atomic E-state index is 12.3.